The molecule has 2 aromatic rings. The molecular formula is C76H120Al2N16O6P2. The van der Waals surface area contributed by atoms with Crippen LogP contribution in [-0.4, -0.2) is 131 Å². The van der Waals surface area contributed by atoms with E-state index in [0.29, 0.717) is 132 Å². The van der Waals surface area contributed by atoms with Crippen LogP contribution in [0.5, 0.6) is 0 Å². The summed E-state index contributed by atoms with van der Waals surface area (Å²) in [7, 11) is -9.04. The second-order valence-electron chi connectivity index (χ2n) is 35.3. The molecule has 16 N–H and O–H groups in total. The first-order valence-electron chi connectivity index (χ1n) is 41.5. The van der Waals surface area contributed by atoms with Crippen LogP contribution in [0.3, 0.4) is 0 Å². The zero-order valence-electron chi connectivity index (χ0n) is 60.1. The Bertz CT molecular complexity index is 2990. The molecular weight excluding hydrogens is 1350 g/mol. The van der Waals surface area contributed by atoms with E-state index >= 15 is 0 Å². The van der Waals surface area contributed by atoms with Gasteiger partial charge in [-0.25, -0.2) is 0 Å². The van der Waals surface area contributed by atoms with E-state index in [2.05, 4.69) is 118 Å². The van der Waals surface area contributed by atoms with Crippen molar-refractivity contribution in [1.82, 2.24) is 85.1 Å². The predicted octanol–water partition coefficient (Wildman–Crippen LogP) is 2.80. The Labute approximate surface area is 624 Å². The van der Waals surface area contributed by atoms with E-state index in [-0.39, 0.29) is 10.6 Å². The molecule has 8 saturated carbocycles. The third kappa shape index (κ3) is 15.4. The second kappa shape index (κ2) is 32.1. The molecule has 0 radical (unpaired) electrons. The third-order valence-corrected chi connectivity index (χ3v) is 33.4. The average Bonchev–Trinajstić information content (AvgIpc) is 1.60. The SMILES string of the molecule is O=P([O-])([O-])c1ccccc1.O=P([O-])([O-])c1ccccc1.[Al+2][CH]1CCCC2C3NC4NC(NC5NC(NC6NC(NC(N3)C12)C1CCCCC61)C1CCCCC51)C1CCCCC41.[Al+2][CH]1CCCC2C3NC4NC(NC5NC(NC6NC(NC(N3)C12)C1CCCCC61)C1CCCCC51)C1CCCCC41. The summed E-state index contributed by atoms with van der Waals surface area (Å²) in [4.78, 5) is 41.2. The molecule has 102 heavy (non-hydrogen) atoms. The molecule has 556 valence electrons. The molecule has 16 bridgehead atoms. The number of rotatable bonds is 2. The molecule has 10 saturated heterocycles. The van der Waals surface area contributed by atoms with E-state index in [4.69, 9.17) is 0 Å². The molecule has 26 heteroatoms. The van der Waals surface area contributed by atoms with Crippen molar-refractivity contribution in [2.45, 2.75) is 301 Å². The van der Waals surface area contributed by atoms with Gasteiger partial charge in [0, 0.05) is 0 Å². The average molecular weight is 1470 g/mol. The monoisotopic (exact) mass is 1470 g/mol. The zero-order valence-corrected chi connectivity index (χ0v) is 64.2. The van der Waals surface area contributed by atoms with Crippen LogP contribution in [-0.2, 0) is 9.13 Å². The molecule has 10 aliphatic heterocycles. The first-order valence-corrected chi connectivity index (χ1v) is 45.9. The van der Waals surface area contributed by atoms with E-state index in [0.717, 1.165) is 71.0 Å². The van der Waals surface area contributed by atoms with E-state index in [9.17, 15) is 28.7 Å². The Morgan fingerprint density at radius 2 is 0.382 bits per heavy atom. The summed E-state index contributed by atoms with van der Waals surface area (Å²) in [5, 5.41) is 67.4. The van der Waals surface area contributed by atoms with Gasteiger partial charge in [0.15, 0.2) is 0 Å². The Morgan fingerprint density at radius 3 is 0.549 bits per heavy atom. The van der Waals surface area contributed by atoms with E-state index < -0.39 is 15.2 Å². The molecule has 34 unspecified atom stereocenters. The van der Waals surface area contributed by atoms with E-state index in [1.54, 1.807) is 12.1 Å². The van der Waals surface area contributed by atoms with Crippen LogP contribution >= 0.6 is 15.2 Å². The fourth-order valence-electron chi connectivity index (χ4n) is 25.4. The van der Waals surface area contributed by atoms with E-state index in [1.807, 2.05) is 0 Å². The van der Waals surface area contributed by atoms with Crippen molar-refractivity contribution >= 4 is 58.4 Å². The molecule has 0 spiro atoms. The number of benzene rings is 2. The molecule has 34 atom stereocenters. The molecule has 18 aliphatic rings. The maximum absolute atomic E-state index is 10.3. The van der Waals surface area contributed by atoms with Crippen LogP contribution < -0.4 is 115 Å². The predicted molar refractivity (Wildman–Crippen MR) is 392 cm³/mol. The van der Waals surface area contributed by atoms with Gasteiger partial charge in [-0.3, -0.25) is 0 Å². The van der Waals surface area contributed by atoms with Crippen molar-refractivity contribution in [3.63, 3.8) is 0 Å². The second-order valence-corrected chi connectivity index (χ2v) is 40.1. The molecule has 0 amide bonds. The van der Waals surface area contributed by atoms with Crippen molar-refractivity contribution < 1.29 is 28.7 Å². The quantitative estimate of drug-likeness (QED) is 0.152. The standard InChI is InChI=1S/2C32H55N8.2C6H7O3P.2Al/c2*1-2-10-18-17(9-1)25-33-26(18)38-28-21-13-5-6-14-22(21)30(35-28)40-32-24-16-8-7-15-23(24)31(36-32)39-29-20-12-4-3-11-19(20)27(34-29)37-25;2*7-10(8,9)6-4-2-1-3-5-6;;/h2*9,17-40H,1-8,10-16H2;2*1-5H,(H2,7,8,9);;/q;;;;2*+2/p-4. The molecule has 18 fully saturated rings. The summed E-state index contributed by atoms with van der Waals surface area (Å²) in [5.74, 6) is 11.6. The number of hydrogen-bond donors (Lipinski definition) is 16. The Balaban J connectivity index is 0.000000120. The minimum atomic E-state index is -4.52. The first kappa shape index (κ1) is 73.9. The number of hydrogen-bond acceptors (Lipinski definition) is 22. The molecule has 2 aromatic carbocycles. The van der Waals surface area contributed by atoms with Gasteiger partial charge in [-0.05, 0) is 25.8 Å². The summed E-state index contributed by atoms with van der Waals surface area (Å²) >= 11 is 6.56. The minimum absolute atomic E-state index is 0.157. The van der Waals surface area contributed by atoms with Gasteiger partial charge < -0.3 is 28.7 Å². The first-order chi connectivity index (χ1) is 49.6. The third-order valence-electron chi connectivity index (χ3n) is 30.0. The molecule has 20 rings (SSSR count). The van der Waals surface area contributed by atoms with Gasteiger partial charge >= 0.3 is 500 Å². The van der Waals surface area contributed by atoms with Crippen molar-refractivity contribution in [3.05, 3.63) is 60.7 Å². The topological polar surface area (TPSA) is 319 Å². The molecule has 8 aliphatic carbocycles. The van der Waals surface area contributed by atoms with Gasteiger partial charge in [-0.15, -0.1) is 0 Å². The number of fused-ring (bicyclic) bond motifs is 40. The summed E-state index contributed by atoms with van der Waals surface area (Å²) in [5.41, 5.74) is 0. The van der Waals surface area contributed by atoms with Gasteiger partial charge in [0.2, 0.25) is 0 Å². The Morgan fingerprint density at radius 1 is 0.225 bits per heavy atom. The van der Waals surface area contributed by atoms with Gasteiger partial charge in [0.1, 0.15) is 0 Å². The van der Waals surface area contributed by atoms with Gasteiger partial charge in [-0.2, -0.15) is 0 Å². The normalized spacial score (nSPS) is 49.1. The molecule has 10 heterocycles. The summed E-state index contributed by atoms with van der Waals surface area (Å²) in [6.07, 6.45) is 47.7. The van der Waals surface area contributed by atoms with Crippen LogP contribution in [0.2, 0.25) is 9.56 Å². The van der Waals surface area contributed by atoms with Gasteiger partial charge in [0.25, 0.3) is 0 Å². The summed E-state index contributed by atoms with van der Waals surface area (Å²) in [6, 6.07) is 14.5. The Hall–Kier alpha value is -0.835. The Kier molecular flexibility index (Phi) is 23.3. The summed E-state index contributed by atoms with van der Waals surface area (Å²) < 4.78 is 22.0. The van der Waals surface area contributed by atoms with Crippen LogP contribution in [0.4, 0.5) is 0 Å². The van der Waals surface area contributed by atoms with Crippen LogP contribution in [0, 0.1) is 94.7 Å². The van der Waals surface area contributed by atoms with Crippen LogP contribution in [0.1, 0.15) is 193 Å². The molecule has 0 aromatic heterocycles. The van der Waals surface area contributed by atoms with Crippen molar-refractivity contribution in [1.29, 1.82) is 0 Å². The fraction of sp³-hybridized carbons (Fsp3) is 0.842. The molecule has 22 nitrogen and oxygen atoms in total. The van der Waals surface area contributed by atoms with E-state index in [1.165, 1.54) is 241 Å². The van der Waals surface area contributed by atoms with Gasteiger partial charge in [0.05, 0.1) is 0 Å². The maximum atomic E-state index is 10.3. The number of nitrogens with one attached hydrogen (secondary N) is 16. The summed E-state index contributed by atoms with van der Waals surface area (Å²) in [6.45, 7) is 0. The van der Waals surface area contributed by atoms with Crippen LogP contribution in [0.25, 0.3) is 0 Å². The van der Waals surface area contributed by atoms with Gasteiger partial charge in [-0.1, -0.05) is 73.5 Å². The van der Waals surface area contributed by atoms with Crippen molar-refractivity contribution in [2.75, 3.05) is 0 Å². The van der Waals surface area contributed by atoms with Crippen molar-refractivity contribution in [2.24, 2.45) is 94.7 Å². The zero-order chi connectivity index (χ0) is 69.4. The van der Waals surface area contributed by atoms with Crippen molar-refractivity contribution in [3.8, 4) is 0 Å². The van der Waals surface area contributed by atoms with Crippen LogP contribution in [0.15, 0.2) is 60.7 Å². The fourth-order valence-corrected chi connectivity index (χ4v) is 28.0.